The summed E-state index contributed by atoms with van der Waals surface area (Å²) in [7, 11) is 0. The molecular weight excluding hydrogens is 366 g/mol. The Hall–Kier alpha value is -1.66. The van der Waals surface area contributed by atoms with Gasteiger partial charge in [-0.05, 0) is 34.0 Å². The van der Waals surface area contributed by atoms with E-state index in [9.17, 15) is 9.59 Å². The SMILES string of the molecule is O=C(O)CCCN(Cc1ccccc1)C(=O)c1csc(Br)c1. The minimum absolute atomic E-state index is 0.0614. The lowest BCUT2D eigenvalue weighted by Gasteiger charge is -2.22. The summed E-state index contributed by atoms with van der Waals surface area (Å²) in [6, 6.07) is 11.5. The first-order valence-corrected chi connectivity index (χ1v) is 8.52. The number of aliphatic carboxylic acids is 1. The minimum Gasteiger partial charge on any atom is -0.481 e. The molecule has 116 valence electrons. The predicted octanol–water partition coefficient (Wildman–Crippen LogP) is 4.02. The van der Waals surface area contributed by atoms with E-state index in [1.807, 2.05) is 35.7 Å². The molecule has 0 aliphatic heterocycles. The Morgan fingerprint density at radius 3 is 2.55 bits per heavy atom. The van der Waals surface area contributed by atoms with Crippen molar-refractivity contribution in [2.45, 2.75) is 19.4 Å². The van der Waals surface area contributed by atoms with Crippen LogP contribution in [0.25, 0.3) is 0 Å². The molecule has 0 unspecified atom stereocenters. The summed E-state index contributed by atoms with van der Waals surface area (Å²) in [5, 5.41) is 10.6. The van der Waals surface area contributed by atoms with Crippen LogP contribution < -0.4 is 0 Å². The van der Waals surface area contributed by atoms with Crippen LogP contribution in [0.15, 0.2) is 45.6 Å². The van der Waals surface area contributed by atoms with Crippen LogP contribution in [-0.4, -0.2) is 28.4 Å². The molecule has 1 heterocycles. The molecule has 0 spiro atoms. The number of amides is 1. The summed E-state index contributed by atoms with van der Waals surface area (Å²) < 4.78 is 0.904. The van der Waals surface area contributed by atoms with E-state index >= 15 is 0 Å². The van der Waals surface area contributed by atoms with Crippen LogP contribution >= 0.6 is 27.3 Å². The van der Waals surface area contributed by atoms with Crippen molar-refractivity contribution in [1.29, 1.82) is 0 Å². The van der Waals surface area contributed by atoms with Crippen molar-refractivity contribution >= 4 is 39.1 Å². The molecule has 1 amide bonds. The first kappa shape index (κ1) is 16.7. The van der Waals surface area contributed by atoms with Gasteiger partial charge in [-0.2, -0.15) is 0 Å². The van der Waals surface area contributed by atoms with Crippen molar-refractivity contribution in [2.75, 3.05) is 6.54 Å². The molecule has 1 N–H and O–H groups in total. The van der Waals surface area contributed by atoms with Crippen molar-refractivity contribution in [1.82, 2.24) is 4.90 Å². The summed E-state index contributed by atoms with van der Waals surface area (Å²) in [5.41, 5.74) is 1.66. The molecule has 22 heavy (non-hydrogen) atoms. The molecule has 0 saturated heterocycles. The molecule has 0 fully saturated rings. The van der Waals surface area contributed by atoms with Crippen LogP contribution in [0, 0.1) is 0 Å². The van der Waals surface area contributed by atoms with Gasteiger partial charge in [0.15, 0.2) is 0 Å². The van der Waals surface area contributed by atoms with Gasteiger partial charge in [0.05, 0.1) is 9.35 Å². The zero-order valence-corrected chi connectivity index (χ0v) is 14.3. The Balaban J connectivity index is 2.09. The van der Waals surface area contributed by atoms with E-state index in [1.54, 1.807) is 11.0 Å². The number of hydrogen-bond acceptors (Lipinski definition) is 3. The standard InChI is InChI=1S/C16H16BrNO3S/c17-14-9-13(11-22-14)16(21)18(8-4-7-15(19)20)10-12-5-2-1-3-6-12/h1-3,5-6,9,11H,4,7-8,10H2,(H,19,20). The molecule has 1 aromatic heterocycles. The highest BCUT2D eigenvalue weighted by Gasteiger charge is 2.17. The quantitative estimate of drug-likeness (QED) is 0.787. The van der Waals surface area contributed by atoms with Crippen LogP contribution in [0.4, 0.5) is 0 Å². The van der Waals surface area contributed by atoms with Crippen molar-refractivity contribution in [3.63, 3.8) is 0 Å². The zero-order valence-electron chi connectivity index (χ0n) is 11.9. The van der Waals surface area contributed by atoms with E-state index in [-0.39, 0.29) is 12.3 Å². The number of carboxylic acids is 1. The van der Waals surface area contributed by atoms with E-state index in [4.69, 9.17) is 5.11 Å². The third-order valence-corrected chi connectivity index (χ3v) is 4.64. The van der Waals surface area contributed by atoms with Crippen LogP contribution in [-0.2, 0) is 11.3 Å². The van der Waals surface area contributed by atoms with Crippen molar-refractivity contribution in [3.05, 3.63) is 56.7 Å². The Bertz CT molecular complexity index is 642. The number of carboxylic acid groups (broad SMARTS) is 1. The van der Waals surface area contributed by atoms with Crippen molar-refractivity contribution in [3.8, 4) is 0 Å². The van der Waals surface area contributed by atoms with Gasteiger partial charge in [0.2, 0.25) is 0 Å². The largest absolute Gasteiger partial charge is 0.481 e. The molecule has 0 bridgehead atoms. The second-order valence-corrected chi connectivity index (χ2v) is 7.14. The van der Waals surface area contributed by atoms with E-state index < -0.39 is 5.97 Å². The maximum atomic E-state index is 12.6. The molecule has 4 nitrogen and oxygen atoms in total. The Labute approximate surface area is 141 Å². The van der Waals surface area contributed by atoms with Gasteiger partial charge in [0, 0.05) is 24.9 Å². The number of hydrogen-bond donors (Lipinski definition) is 1. The summed E-state index contributed by atoms with van der Waals surface area (Å²) in [6.45, 7) is 0.903. The predicted molar refractivity (Wildman–Crippen MR) is 90.1 cm³/mol. The lowest BCUT2D eigenvalue weighted by molar-refractivity contribution is -0.137. The summed E-state index contributed by atoms with van der Waals surface area (Å²) in [5.74, 6) is -0.915. The molecule has 2 rings (SSSR count). The highest BCUT2D eigenvalue weighted by Crippen LogP contribution is 2.22. The molecular formula is C16H16BrNO3S. The molecule has 0 aliphatic rings. The van der Waals surface area contributed by atoms with Gasteiger partial charge in [-0.3, -0.25) is 9.59 Å². The van der Waals surface area contributed by atoms with E-state index in [0.717, 1.165) is 9.35 Å². The fourth-order valence-corrected chi connectivity index (χ4v) is 3.21. The Morgan fingerprint density at radius 1 is 1.23 bits per heavy atom. The highest BCUT2D eigenvalue weighted by molar-refractivity contribution is 9.11. The molecule has 0 atom stereocenters. The highest BCUT2D eigenvalue weighted by atomic mass is 79.9. The lowest BCUT2D eigenvalue weighted by Crippen LogP contribution is -2.31. The smallest absolute Gasteiger partial charge is 0.303 e. The third kappa shape index (κ3) is 4.96. The number of halogens is 1. The van der Waals surface area contributed by atoms with Gasteiger partial charge in [-0.15, -0.1) is 11.3 Å². The molecule has 6 heteroatoms. The third-order valence-electron chi connectivity index (χ3n) is 3.14. The monoisotopic (exact) mass is 381 g/mol. The number of carbonyl (C=O) groups excluding carboxylic acids is 1. The average Bonchev–Trinajstić information content (AvgIpc) is 2.93. The van der Waals surface area contributed by atoms with Gasteiger partial charge in [-0.25, -0.2) is 0 Å². The van der Waals surface area contributed by atoms with Crippen LogP contribution in [0.2, 0.25) is 0 Å². The molecule has 0 radical (unpaired) electrons. The number of thiophene rings is 1. The number of benzene rings is 1. The van der Waals surface area contributed by atoms with Crippen LogP contribution in [0.1, 0.15) is 28.8 Å². The van der Waals surface area contributed by atoms with E-state index in [2.05, 4.69) is 15.9 Å². The molecule has 0 saturated carbocycles. The van der Waals surface area contributed by atoms with Gasteiger partial charge in [0.25, 0.3) is 5.91 Å². The maximum Gasteiger partial charge on any atom is 0.303 e. The second-order valence-electron chi connectivity index (χ2n) is 4.85. The van der Waals surface area contributed by atoms with Gasteiger partial charge < -0.3 is 10.0 Å². The number of nitrogens with zero attached hydrogens (tertiary/aromatic N) is 1. The van der Waals surface area contributed by atoms with Gasteiger partial charge in [-0.1, -0.05) is 30.3 Å². The molecule has 1 aromatic carbocycles. The topological polar surface area (TPSA) is 57.6 Å². The minimum atomic E-state index is -0.842. The number of carbonyl (C=O) groups is 2. The van der Waals surface area contributed by atoms with Gasteiger partial charge in [0.1, 0.15) is 0 Å². The lowest BCUT2D eigenvalue weighted by atomic mass is 10.2. The van der Waals surface area contributed by atoms with E-state index in [1.165, 1.54) is 11.3 Å². The van der Waals surface area contributed by atoms with Gasteiger partial charge >= 0.3 is 5.97 Å². The first-order valence-electron chi connectivity index (χ1n) is 6.85. The number of rotatable bonds is 7. The zero-order chi connectivity index (χ0) is 15.9. The van der Waals surface area contributed by atoms with Crippen molar-refractivity contribution in [2.24, 2.45) is 0 Å². The van der Waals surface area contributed by atoms with Crippen molar-refractivity contribution < 1.29 is 14.7 Å². The van der Waals surface area contributed by atoms with Crippen LogP contribution in [0.5, 0.6) is 0 Å². The molecule has 2 aromatic rings. The fourth-order valence-electron chi connectivity index (χ4n) is 2.08. The fraction of sp³-hybridized carbons (Fsp3) is 0.250. The normalized spacial score (nSPS) is 10.4. The average molecular weight is 382 g/mol. The maximum absolute atomic E-state index is 12.6. The molecule has 0 aliphatic carbocycles. The Kier molecular flexibility index (Phi) is 6.15. The summed E-state index contributed by atoms with van der Waals surface area (Å²) >= 11 is 4.82. The first-order chi connectivity index (χ1) is 10.6. The van der Waals surface area contributed by atoms with Crippen LogP contribution in [0.3, 0.4) is 0 Å². The summed E-state index contributed by atoms with van der Waals surface area (Å²) in [4.78, 5) is 25.0. The summed E-state index contributed by atoms with van der Waals surface area (Å²) in [6.07, 6.45) is 0.505. The van der Waals surface area contributed by atoms with E-state index in [0.29, 0.717) is 25.1 Å². The second kappa shape index (κ2) is 8.10. The Morgan fingerprint density at radius 2 is 1.95 bits per heavy atom.